The molecule has 1 atom stereocenters. The molecule has 2 amide bonds. The van der Waals surface area contributed by atoms with Crippen LogP contribution in [-0.2, 0) is 14.3 Å². The second-order valence-electron chi connectivity index (χ2n) is 7.21. The van der Waals surface area contributed by atoms with E-state index in [1.165, 1.54) is 25.7 Å². The second-order valence-corrected chi connectivity index (χ2v) is 7.21. The highest BCUT2D eigenvalue weighted by Crippen LogP contribution is 2.18. The van der Waals surface area contributed by atoms with Gasteiger partial charge in [-0.15, -0.1) is 0 Å². The molecule has 2 fully saturated rings. The summed E-state index contributed by atoms with van der Waals surface area (Å²) in [6.07, 6.45) is 6.50. The average molecular weight is 339 g/mol. The van der Waals surface area contributed by atoms with Crippen molar-refractivity contribution in [3.8, 4) is 0 Å². The van der Waals surface area contributed by atoms with Crippen LogP contribution in [0.25, 0.3) is 0 Å². The number of carbonyl (C=O) groups excluding carboxylic acids is 2. The summed E-state index contributed by atoms with van der Waals surface area (Å²) in [7, 11) is 1.64. The highest BCUT2D eigenvalue weighted by molar-refractivity contribution is 5.81. The van der Waals surface area contributed by atoms with E-state index in [0.29, 0.717) is 26.2 Å². The van der Waals surface area contributed by atoms with Gasteiger partial charge in [0.1, 0.15) is 0 Å². The van der Waals surface area contributed by atoms with Gasteiger partial charge < -0.3 is 15.0 Å². The van der Waals surface area contributed by atoms with Crippen molar-refractivity contribution in [1.82, 2.24) is 15.1 Å². The van der Waals surface area contributed by atoms with E-state index in [1.54, 1.807) is 7.11 Å². The Balaban J connectivity index is 1.71. The molecule has 2 rings (SSSR count). The molecular formula is C18H33N3O3. The molecular weight excluding hydrogens is 306 g/mol. The summed E-state index contributed by atoms with van der Waals surface area (Å²) < 4.78 is 5.05. The van der Waals surface area contributed by atoms with Gasteiger partial charge in [0.25, 0.3) is 0 Å². The maximum absolute atomic E-state index is 12.5. The third-order valence-electron chi connectivity index (χ3n) is 5.08. The van der Waals surface area contributed by atoms with Crippen LogP contribution in [0.3, 0.4) is 0 Å². The van der Waals surface area contributed by atoms with Gasteiger partial charge in [-0.1, -0.05) is 12.8 Å². The van der Waals surface area contributed by atoms with Crippen LogP contribution in [0.1, 0.15) is 45.4 Å². The first-order valence-electron chi connectivity index (χ1n) is 9.39. The van der Waals surface area contributed by atoms with Crippen molar-refractivity contribution >= 4 is 11.8 Å². The number of nitrogens with zero attached hydrogens (tertiary/aromatic N) is 2. The van der Waals surface area contributed by atoms with E-state index in [0.717, 1.165) is 25.9 Å². The van der Waals surface area contributed by atoms with Crippen LogP contribution in [-0.4, -0.2) is 74.1 Å². The number of rotatable bonds is 6. The molecule has 0 aromatic heterocycles. The van der Waals surface area contributed by atoms with Gasteiger partial charge in [0, 0.05) is 32.2 Å². The molecule has 24 heavy (non-hydrogen) atoms. The Hall–Kier alpha value is -1.14. The van der Waals surface area contributed by atoms with Crippen LogP contribution >= 0.6 is 0 Å². The highest BCUT2D eigenvalue weighted by Gasteiger charge is 2.28. The third kappa shape index (κ3) is 6.06. The molecule has 0 radical (unpaired) electrons. The molecule has 2 aliphatic rings. The highest BCUT2D eigenvalue weighted by atomic mass is 16.5. The van der Waals surface area contributed by atoms with E-state index in [2.05, 4.69) is 10.2 Å². The minimum absolute atomic E-state index is 0.0199. The number of ether oxygens (including phenoxy) is 1. The van der Waals surface area contributed by atoms with Crippen molar-refractivity contribution < 1.29 is 14.3 Å². The molecule has 0 spiro atoms. The Bertz CT molecular complexity index is 400. The van der Waals surface area contributed by atoms with Crippen molar-refractivity contribution in [1.29, 1.82) is 0 Å². The molecule has 6 nitrogen and oxygen atoms in total. The maximum atomic E-state index is 12.5. The predicted molar refractivity (Wildman–Crippen MR) is 93.7 cm³/mol. The minimum Gasteiger partial charge on any atom is -0.383 e. The Labute approximate surface area is 145 Å². The van der Waals surface area contributed by atoms with Crippen LogP contribution in [0, 0.1) is 5.92 Å². The monoisotopic (exact) mass is 339 g/mol. The summed E-state index contributed by atoms with van der Waals surface area (Å²) in [5.74, 6) is 0.342. The number of amides is 2. The van der Waals surface area contributed by atoms with Crippen LogP contribution in [0.4, 0.5) is 0 Å². The van der Waals surface area contributed by atoms with Gasteiger partial charge in [0.05, 0.1) is 13.2 Å². The number of likely N-dealkylation sites (tertiary alicyclic amines) is 2. The topological polar surface area (TPSA) is 61.9 Å². The van der Waals surface area contributed by atoms with E-state index in [1.807, 2.05) is 11.8 Å². The summed E-state index contributed by atoms with van der Waals surface area (Å²) in [4.78, 5) is 29.0. The van der Waals surface area contributed by atoms with Crippen molar-refractivity contribution in [2.75, 3.05) is 46.4 Å². The first-order valence-corrected chi connectivity index (χ1v) is 9.39. The first kappa shape index (κ1) is 19.2. The van der Waals surface area contributed by atoms with Crippen molar-refractivity contribution in [3.05, 3.63) is 0 Å². The van der Waals surface area contributed by atoms with Crippen molar-refractivity contribution in [3.63, 3.8) is 0 Å². The molecule has 2 heterocycles. The summed E-state index contributed by atoms with van der Waals surface area (Å²) in [6.45, 7) is 6.50. The van der Waals surface area contributed by atoms with Gasteiger partial charge in [-0.2, -0.15) is 0 Å². The number of carbonyl (C=O) groups is 2. The van der Waals surface area contributed by atoms with Gasteiger partial charge >= 0.3 is 0 Å². The molecule has 138 valence electrons. The van der Waals surface area contributed by atoms with Gasteiger partial charge in [-0.05, 0) is 45.7 Å². The molecule has 0 aromatic carbocycles. The number of piperidine rings is 1. The minimum atomic E-state index is 0.0199. The van der Waals surface area contributed by atoms with E-state index in [-0.39, 0.29) is 23.8 Å². The lowest BCUT2D eigenvalue weighted by atomic mass is 9.95. The van der Waals surface area contributed by atoms with Gasteiger partial charge in [-0.25, -0.2) is 0 Å². The zero-order valence-corrected chi connectivity index (χ0v) is 15.3. The number of nitrogens with one attached hydrogen (secondary N) is 1. The van der Waals surface area contributed by atoms with Gasteiger partial charge in [-0.3, -0.25) is 14.5 Å². The van der Waals surface area contributed by atoms with E-state index in [9.17, 15) is 9.59 Å². The number of hydrogen-bond donors (Lipinski definition) is 1. The summed E-state index contributed by atoms with van der Waals surface area (Å²) in [5, 5.41) is 2.99. The van der Waals surface area contributed by atoms with Crippen LogP contribution in [0.5, 0.6) is 0 Å². The molecule has 1 N–H and O–H groups in total. The summed E-state index contributed by atoms with van der Waals surface area (Å²) >= 11 is 0. The second kappa shape index (κ2) is 9.99. The first-order chi connectivity index (χ1) is 11.6. The molecule has 0 aliphatic carbocycles. The molecule has 2 aliphatic heterocycles. The Morgan fingerprint density at radius 3 is 2.29 bits per heavy atom. The molecule has 0 saturated carbocycles. The standard InChI is InChI=1S/C18H33N3O3/c1-15(14-24-2)19-18(23)16-7-11-21(12-8-16)17(22)13-20-9-5-3-4-6-10-20/h15-16H,3-14H2,1-2H3,(H,19,23). The van der Waals surface area contributed by atoms with Crippen LogP contribution < -0.4 is 5.32 Å². The van der Waals surface area contributed by atoms with Crippen LogP contribution in [0.2, 0.25) is 0 Å². The SMILES string of the molecule is COCC(C)NC(=O)C1CCN(C(=O)CN2CCCCCC2)CC1. The quantitative estimate of drug-likeness (QED) is 0.791. The molecule has 6 heteroatoms. The lowest BCUT2D eigenvalue weighted by Crippen LogP contribution is -2.48. The lowest BCUT2D eigenvalue weighted by Gasteiger charge is -2.33. The summed E-state index contributed by atoms with van der Waals surface area (Å²) in [5.41, 5.74) is 0. The fourth-order valence-corrected chi connectivity index (χ4v) is 3.63. The van der Waals surface area contributed by atoms with E-state index >= 15 is 0 Å². The van der Waals surface area contributed by atoms with Crippen molar-refractivity contribution in [2.45, 2.75) is 51.5 Å². The molecule has 0 aromatic rings. The van der Waals surface area contributed by atoms with Crippen molar-refractivity contribution in [2.24, 2.45) is 5.92 Å². The normalized spacial score (nSPS) is 22.0. The summed E-state index contributed by atoms with van der Waals surface area (Å²) in [6, 6.07) is 0.0326. The van der Waals surface area contributed by atoms with E-state index < -0.39 is 0 Å². The van der Waals surface area contributed by atoms with E-state index in [4.69, 9.17) is 4.74 Å². The smallest absolute Gasteiger partial charge is 0.236 e. The Morgan fingerprint density at radius 1 is 1.08 bits per heavy atom. The number of methoxy groups -OCH3 is 1. The van der Waals surface area contributed by atoms with Gasteiger partial charge in [0.2, 0.25) is 11.8 Å². The predicted octanol–water partition coefficient (Wildman–Crippen LogP) is 1.25. The molecule has 2 saturated heterocycles. The Kier molecular flexibility index (Phi) is 7.99. The van der Waals surface area contributed by atoms with Gasteiger partial charge in [0.15, 0.2) is 0 Å². The zero-order chi connectivity index (χ0) is 17.4. The van der Waals surface area contributed by atoms with Crippen LogP contribution in [0.15, 0.2) is 0 Å². The number of hydrogen-bond acceptors (Lipinski definition) is 4. The average Bonchev–Trinajstić information content (AvgIpc) is 2.83. The maximum Gasteiger partial charge on any atom is 0.236 e. The Morgan fingerprint density at radius 2 is 1.71 bits per heavy atom. The fraction of sp³-hybridized carbons (Fsp3) is 0.889. The largest absolute Gasteiger partial charge is 0.383 e. The lowest BCUT2D eigenvalue weighted by molar-refractivity contribution is -0.136. The molecule has 1 unspecified atom stereocenters. The molecule has 0 bridgehead atoms. The third-order valence-corrected chi connectivity index (χ3v) is 5.08. The fourth-order valence-electron chi connectivity index (χ4n) is 3.63. The zero-order valence-electron chi connectivity index (χ0n) is 15.3.